The minimum Gasteiger partial charge on any atom is -0.493 e. The van der Waals surface area contributed by atoms with Crippen LogP contribution in [0.2, 0.25) is 5.02 Å². The van der Waals surface area contributed by atoms with Gasteiger partial charge in [0, 0.05) is 18.0 Å². The van der Waals surface area contributed by atoms with Crippen LogP contribution in [0.5, 0.6) is 23.0 Å². The Kier molecular flexibility index (Phi) is 8.67. The smallest absolute Gasteiger partial charge is 0.255 e. The van der Waals surface area contributed by atoms with E-state index >= 15 is 0 Å². The number of rotatable bonds is 10. The Labute approximate surface area is 204 Å². The molecule has 2 aromatic carbocycles. The van der Waals surface area contributed by atoms with Crippen LogP contribution in [0.3, 0.4) is 0 Å². The highest BCUT2D eigenvalue weighted by Crippen LogP contribution is 2.48. The van der Waals surface area contributed by atoms with Gasteiger partial charge < -0.3 is 24.3 Å². The van der Waals surface area contributed by atoms with Crippen molar-refractivity contribution in [2.45, 2.75) is 5.16 Å². The van der Waals surface area contributed by atoms with Crippen LogP contribution in [0, 0.1) is 0 Å². The van der Waals surface area contributed by atoms with Gasteiger partial charge in [0.1, 0.15) is 12.4 Å². The number of benzene rings is 2. The number of aromatic nitrogens is 2. The summed E-state index contributed by atoms with van der Waals surface area (Å²) in [5, 5.41) is 2.97. The van der Waals surface area contributed by atoms with Crippen molar-refractivity contribution in [1.29, 1.82) is 0 Å². The Bertz CT molecular complexity index is 1190. The minimum atomic E-state index is -1.49. The summed E-state index contributed by atoms with van der Waals surface area (Å²) in [6, 6.07) is 10.8. The maximum absolute atomic E-state index is 13.0. The van der Waals surface area contributed by atoms with Crippen LogP contribution < -0.4 is 24.3 Å². The fourth-order valence-corrected chi connectivity index (χ4v) is 3.84. The van der Waals surface area contributed by atoms with E-state index in [1.54, 1.807) is 6.07 Å². The van der Waals surface area contributed by atoms with Crippen LogP contribution in [-0.4, -0.2) is 60.8 Å². The maximum atomic E-state index is 13.0. The topological polar surface area (TPSA) is 109 Å². The van der Waals surface area contributed by atoms with Crippen molar-refractivity contribution in [3.8, 4) is 34.3 Å². The number of hydrogen-bond acceptors (Lipinski definition) is 8. The number of methoxy groups -OCH3 is 3. The van der Waals surface area contributed by atoms with Gasteiger partial charge in [0.25, 0.3) is 5.91 Å². The van der Waals surface area contributed by atoms with E-state index in [1.165, 1.54) is 33.8 Å². The molecule has 0 saturated carbocycles. The molecular formula is C23H24ClN3O6S. The third-order valence-corrected chi connectivity index (χ3v) is 5.78. The molecule has 3 rings (SSSR count). The highest BCUT2D eigenvalue weighted by atomic mass is 35.5. The van der Waals surface area contributed by atoms with E-state index in [1.807, 2.05) is 30.3 Å². The average molecular weight is 506 g/mol. The molecule has 1 N–H and O–H groups in total. The number of nitrogens with one attached hydrogen (secondary N) is 1. The van der Waals surface area contributed by atoms with Gasteiger partial charge in [0.2, 0.25) is 10.9 Å². The lowest BCUT2D eigenvalue weighted by molar-refractivity contribution is 0.0946. The lowest BCUT2D eigenvalue weighted by Crippen LogP contribution is -2.29. The quantitative estimate of drug-likeness (QED) is 0.330. The fourth-order valence-electron chi connectivity index (χ4n) is 3.11. The summed E-state index contributed by atoms with van der Waals surface area (Å²) in [5.41, 5.74) is 0.631. The first-order valence-corrected chi connectivity index (χ1v) is 12.0. The van der Waals surface area contributed by atoms with Gasteiger partial charge in [0.15, 0.2) is 11.5 Å². The molecule has 0 bridgehead atoms. The molecule has 1 unspecified atom stereocenters. The predicted molar refractivity (Wildman–Crippen MR) is 129 cm³/mol. The van der Waals surface area contributed by atoms with Crippen LogP contribution in [0.4, 0.5) is 0 Å². The average Bonchev–Trinajstić information content (AvgIpc) is 2.86. The standard InChI is InChI=1S/C23H24ClN3O6S/c1-30-17-12-15(18(24)21(32-3)20(17)31-2)19-16(13-26-23(27-19)34(4)29)22(28)25-10-11-33-14-8-6-5-7-9-14/h5-9,12-13H,10-11H2,1-4H3,(H,25,28). The van der Waals surface area contributed by atoms with Gasteiger partial charge in [-0.25, -0.2) is 9.97 Å². The Hall–Kier alpha value is -3.37. The van der Waals surface area contributed by atoms with E-state index in [9.17, 15) is 9.00 Å². The van der Waals surface area contributed by atoms with Crippen molar-refractivity contribution in [3.63, 3.8) is 0 Å². The van der Waals surface area contributed by atoms with Gasteiger partial charge in [-0.3, -0.25) is 9.00 Å². The Morgan fingerprint density at radius 2 is 1.79 bits per heavy atom. The molecule has 0 aliphatic rings. The molecule has 9 nitrogen and oxygen atoms in total. The van der Waals surface area contributed by atoms with Crippen molar-refractivity contribution in [2.24, 2.45) is 0 Å². The number of halogens is 1. The van der Waals surface area contributed by atoms with E-state index < -0.39 is 16.7 Å². The fraction of sp³-hybridized carbons (Fsp3) is 0.261. The molecule has 1 atom stereocenters. The number of carbonyl (C=O) groups excluding carboxylic acids is 1. The minimum absolute atomic E-state index is 0.0452. The van der Waals surface area contributed by atoms with E-state index in [2.05, 4.69) is 15.3 Å². The Morgan fingerprint density at radius 1 is 1.09 bits per heavy atom. The van der Waals surface area contributed by atoms with Crippen LogP contribution >= 0.6 is 11.6 Å². The van der Waals surface area contributed by atoms with Crippen molar-refractivity contribution < 1.29 is 28.0 Å². The van der Waals surface area contributed by atoms with Crippen molar-refractivity contribution in [3.05, 3.63) is 53.2 Å². The number of nitrogens with zero attached hydrogens (tertiary/aromatic N) is 2. The lowest BCUT2D eigenvalue weighted by atomic mass is 10.0. The summed E-state index contributed by atoms with van der Waals surface area (Å²) in [6.45, 7) is 0.492. The van der Waals surface area contributed by atoms with Gasteiger partial charge >= 0.3 is 0 Å². The second-order valence-electron chi connectivity index (χ2n) is 6.79. The SMILES string of the molecule is COc1cc(-c2nc(S(C)=O)ncc2C(=O)NCCOc2ccccc2)c(Cl)c(OC)c1OC. The van der Waals surface area contributed by atoms with Crippen molar-refractivity contribution in [1.82, 2.24) is 15.3 Å². The predicted octanol–water partition coefficient (Wildman–Crippen LogP) is 3.37. The second-order valence-corrected chi connectivity index (χ2v) is 8.44. The first-order chi connectivity index (χ1) is 16.4. The summed E-state index contributed by atoms with van der Waals surface area (Å²) in [4.78, 5) is 21.5. The highest BCUT2D eigenvalue weighted by molar-refractivity contribution is 7.84. The molecule has 1 amide bonds. The third-order valence-electron chi connectivity index (χ3n) is 4.69. The monoisotopic (exact) mass is 505 g/mol. The van der Waals surface area contributed by atoms with Crippen molar-refractivity contribution >= 4 is 28.3 Å². The van der Waals surface area contributed by atoms with Crippen LogP contribution in [0.1, 0.15) is 10.4 Å². The molecule has 3 aromatic rings. The first-order valence-electron chi connectivity index (χ1n) is 10.1. The molecule has 34 heavy (non-hydrogen) atoms. The summed E-state index contributed by atoms with van der Waals surface area (Å²) in [5.74, 6) is 1.05. The molecule has 0 fully saturated rings. The second kappa shape index (κ2) is 11.7. The molecule has 11 heteroatoms. The lowest BCUT2D eigenvalue weighted by Gasteiger charge is -2.18. The van der Waals surface area contributed by atoms with Gasteiger partial charge in [-0.2, -0.15) is 0 Å². The van der Waals surface area contributed by atoms with E-state index in [0.717, 1.165) is 0 Å². The van der Waals surface area contributed by atoms with Crippen LogP contribution in [0.25, 0.3) is 11.3 Å². The zero-order chi connectivity index (χ0) is 24.7. The zero-order valence-corrected chi connectivity index (χ0v) is 20.7. The van der Waals surface area contributed by atoms with E-state index in [0.29, 0.717) is 17.1 Å². The summed E-state index contributed by atoms with van der Waals surface area (Å²) >= 11 is 6.61. The van der Waals surface area contributed by atoms with Gasteiger partial charge in [-0.1, -0.05) is 29.8 Å². The Balaban J connectivity index is 1.96. The largest absolute Gasteiger partial charge is 0.493 e. The molecule has 0 aliphatic carbocycles. The Morgan fingerprint density at radius 3 is 2.41 bits per heavy atom. The highest BCUT2D eigenvalue weighted by Gasteiger charge is 2.25. The van der Waals surface area contributed by atoms with Gasteiger partial charge in [0.05, 0.1) is 55.0 Å². The zero-order valence-electron chi connectivity index (χ0n) is 19.1. The molecule has 0 saturated heterocycles. The number of para-hydroxylation sites is 1. The normalized spacial score (nSPS) is 11.4. The first kappa shape index (κ1) is 25.3. The van der Waals surface area contributed by atoms with E-state index in [4.69, 9.17) is 30.5 Å². The van der Waals surface area contributed by atoms with Gasteiger partial charge in [-0.05, 0) is 18.2 Å². The number of ether oxygens (including phenoxy) is 4. The summed E-state index contributed by atoms with van der Waals surface area (Å²) in [7, 11) is 2.85. The molecule has 0 aliphatic heterocycles. The molecule has 1 heterocycles. The molecule has 0 radical (unpaired) electrons. The molecule has 180 valence electrons. The van der Waals surface area contributed by atoms with Crippen LogP contribution in [-0.2, 0) is 10.8 Å². The maximum Gasteiger partial charge on any atom is 0.255 e. The molecule has 1 aromatic heterocycles. The number of hydrogen-bond donors (Lipinski definition) is 1. The number of amides is 1. The summed E-state index contributed by atoms with van der Waals surface area (Å²) < 4.78 is 33.9. The van der Waals surface area contributed by atoms with E-state index in [-0.39, 0.29) is 46.1 Å². The number of carbonyl (C=O) groups is 1. The van der Waals surface area contributed by atoms with Crippen LogP contribution in [0.15, 0.2) is 47.8 Å². The van der Waals surface area contributed by atoms with Gasteiger partial charge in [-0.15, -0.1) is 0 Å². The third kappa shape index (κ3) is 5.57. The molecule has 0 spiro atoms. The summed E-state index contributed by atoms with van der Waals surface area (Å²) in [6.07, 6.45) is 2.75. The molecular weight excluding hydrogens is 482 g/mol. The van der Waals surface area contributed by atoms with Crippen molar-refractivity contribution in [2.75, 3.05) is 40.7 Å².